The molecule has 1 aliphatic rings. The summed E-state index contributed by atoms with van der Waals surface area (Å²) in [4.78, 5) is 28.4. The molecule has 5 heteroatoms. The fraction of sp³-hybridized carbons (Fsp3) is 0.231. The minimum absolute atomic E-state index is 0.120. The number of hydrogen-bond acceptors (Lipinski definition) is 4. The van der Waals surface area contributed by atoms with Crippen LogP contribution in [0.15, 0.2) is 78.9 Å². The average molecular weight is 415 g/mol. The number of epoxide rings is 1. The highest BCUT2D eigenvalue weighted by atomic mass is 16.6. The van der Waals surface area contributed by atoms with Crippen LogP contribution in [0.25, 0.3) is 0 Å². The Hall–Kier alpha value is -3.44. The molecule has 2 amide bonds. The van der Waals surface area contributed by atoms with Crippen LogP contribution in [0.1, 0.15) is 39.6 Å². The maximum Gasteiger partial charge on any atom is 0.265 e. The van der Waals surface area contributed by atoms with Gasteiger partial charge < -0.3 is 9.47 Å². The normalized spacial score (nSPS) is 14.7. The minimum Gasteiger partial charge on any atom is -0.490 e. The molecule has 0 N–H and O–H groups in total. The molecule has 1 heterocycles. The number of ether oxygens (including phenoxy) is 2. The van der Waals surface area contributed by atoms with Crippen LogP contribution in [0, 0.1) is 0 Å². The van der Waals surface area contributed by atoms with Gasteiger partial charge in [-0.25, -0.2) is 4.90 Å². The van der Waals surface area contributed by atoms with E-state index < -0.39 is 0 Å². The van der Waals surface area contributed by atoms with E-state index in [9.17, 15) is 9.59 Å². The molecule has 1 aliphatic heterocycles. The zero-order chi connectivity index (χ0) is 21.6. The van der Waals surface area contributed by atoms with Gasteiger partial charge in [-0.2, -0.15) is 0 Å². The molecule has 4 rings (SSSR count). The summed E-state index contributed by atoms with van der Waals surface area (Å²) in [6.45, 7) is 3.22. The Labute approximate surface area is 182 Å². The van der Waals surface area contributed by atoms with Crippen molar-refractivity contribution < 1.29 is 19.1 Å². The van der Waals surface area contributed by atoms with E-state index >= 15 is 0 Å². The summed E-state index contributed by atoms with van der Waals surface area (Å²) < 4.78 is 11.2. The average Bonchev–Trinajstić information content (AvgIpc) is 3.64. The minimum atomic E-state index is -0.364. The maximum absolute atomic E-state index is 13.8. The van der Waals surface area contributed by atoms with Gasteiger partial charge >= 0.3 is 0 Å². The molecule has 1 fully saturated rings. The molecule has 0 aliphatic carbocycles. The Kier molecular flexibility index (Phi) is 6.43. The molecule has 0 bridgehead atoms. The Balaban J connectivity index is 1.74. The smallest absolute Gasteiger partial charge is 0.265 e. The first-order chi connectivity index (χ1) is 15.2. The summed E-state index contributed by atoms with van der Waals surface area (Å²) in [5.74, 6) is -0.0584. The van der Waals surface area contributed by atoms with Crippen LogP contribution >= 0.6 is 0 Å². The number of benzene rings is 3. The summed E-state index contributed by atoms with van der Waals surface area (Å²) in [6, 6.07) is 23.3. The van der Waals surface area contributed by atoms with E-state index in [1.807, 2.05) is 30.3 Å². The predicted octanol–water partition coefficient (Wildman–Crippen LogP) is 4.90. The number of para-hydroxylation sites is 1. The van der Waals surface area contributed by atoms with Crippen LogP contribution in [0.3, 0.4) is 0 Å². The van der Waals surface area contributed by atoms with Crippen LogP contribution in [0.4, 0.5) is 5.69 Å². The standard InChI is InChI=1S/C26H25NO4/c1-2-10-22-23(15-9-16-24(22)31-18-21-17-30-21)26(29)27(20-13-7-4-8-14-20)25(28)19-11-5-3-6-12-19/h3-9,11-16,21H,2,10,17-18H2,1H3. The van der Waals surface area contributed by atoms with E-state index in [1.54, 1.807) is 48.5 Å². The summed E-state index contributed by atoms with van der Waals surface area (Å²) in [6.07, 6.45) is 1.64. The molecule has 5 nitrogen and oxygen atoms in total. The third kappa shape index (κ3) is 4.84. The van der Waals surface area contributed by atoms with Crippen molar-refractivity contribution in [3.63, 3.8) is 0 Å². The van der Waals surface area contributed by atoms with Gasteiger partial charge in [-0.15, -0.1) is 0 Å². The topological polar surface area (TPSA) is 59.1 Å². The number of carbonyl (C=O) groups is 2. The summed E-state index contributed by atoms with van der Waals surface area (Å²) in [5, 5.41) is 0. The molecule has 0 radical (unpaired) electrons. The van der Waals surface area contributed by atoms with E-state index in [1.165, 1.54) is 4.90 Å². The Bertz CT molecular complexity index is 1050. The summed E-state index contributed by atoms with van der Waals surface area (Å²) in [7, 11) is 0. The van der Waals surface area contributed by atoms with Gasteiger partial charge in [0.2, 0.25) is 0 Å². The number of anilines is 1. The monoisotopic (exact) mass is 415 g/mol. The zero-order valence-corrected chi connectivity index (χ0v) is 17.5. The molecule has 0 aromatic heterocycles. The highest BCUT2D eigenvalue weighted by molar-refractivity contribution is 6.26. The van der Waals surface area contributed by atoms with Crippen molar-refractivity contribution >= 4 is 17.5 Å². The van der Waals surface area contributed by atoms with Crippen molar-refractivity contribution in [1.82, 2.24) is 0 Å². The zero-order valence-electron chi connectivity index (χ0n) is 17.5. The van der Waals surface area contributed by atoms with Gasteiger partial charge in [-0.1, -0.05) is 55.8 Å². The predicted molar refractivity (Wildman–Crippen MR) is 120 cm³/mol. The largest absolute Gasteiger partial charge is 0.490 e. The van der Waals surface area contributed by atoms with Gasteiger partial charge in [0.1, 0.15) is 18.5 Å². The fourth-order valence-corrected chi connectivity index (χ4v) is 3.49. The first-order valence-corrected chi connectivity index (χ1v) is 10.5. The van der Waals surface area contributed by atoms with Crippen molar-refractivity contribution in [1.29, 1.82) is 0 Å². The lowest BCUT2D eigenvalue weighted by Gasteiger charge is -2.23. The lowest BCUT2D eigenvalue weighted by molar-refractivity contribution is 0.0897. The first kappa shape index (κ1) is 20.8. The number of hydrogen-bond donors (Lipinski definition) is 0. The van der Waals surface area contributed by atoms with Crippen molar-refractivity contribution in [2.24, 2.45) is 0 Å². The summed E-state index contributed by atoms with van der Waals surface area (Å²) >= 11 is 0. The van der Waals surface area contributed by atoms with Crippen LogP contribution < -0.4 is 9.64 Å². The molecular weight excluding hydrogens is 390 g/mol. The number of nitrogens with zero attached hydrogens (tertiary/aromatic N) is 1. The van der Waals surface area contributed by atoms with Gasteiger partial charge in [0.05, 0.1) is 12.3 Å². The van der Waals surface area contributed by atoms with Crippen molar-refractivity contribution in [2.75, 3.05) is 18.1 Å². The molecule has 1 saturated heterocycles. The highest BCUT2D eigenvalue weighted by Crippen LogP contribution is 2.29. The van der Waals surface area contributed by atoms with E-state index in [4.69, 9.17) is 9.47 Å². The molecule has 0 saturated carbocycles. The summed E-state index contributed by atoms with van der Waals surface area (Å²) in [5.41, 5.74) is 2.28. The second-order valence-corrected chi connectivity index (χ2v) is 7.45. The first-order valence-electron chi connectivity index (χ1n) is 10.5. The molecule has 31 heavy (non-hydrogen) atoms. The Morgan fingerprint density at radius 2 is 1.61 bits per heavy atom. The van der Waals surface area contributed by atoms with Gasteiger partial charge in [0, 0.05) is 16.7 Å². The van der Waals surface area contributed by atoms with Crippen LogP contribution in [0.5, 0.6) is 5.75 Å². The van der Waals surface area contributed by atoms with Crippen molar-refractivity contribution in [3.8, 4) is 5.75 Å². The molecule has 1 atom stereocenters. The van der Waals surface area contributed by atoms with Gasteiger partial charge in [-0.3, -0.25) is 9.59 Å². The van der Waals surface area contributed by atoms with Gasteiger partial charge in [-0.05, 0) is 42.8 Å². The molecule has 158 valence electrons. The molecule has 1 unspecified atom stereocenters. The van der Waals surface area contributed by atoms with Crippen molar-refractivity contribution in [2.45, 2.75) is 25.9 Å². The molecule has 0 spiro atoms. The second-order valence-electron chi connectivity index (χ2n) is 7.45. The molecule has 3 aromatic rings. The lowest BCUT2D eigenvalue weighted by Crippen LogP contribution is -2.37. The second kappa shape index (κ2) is 9.58. The van der Waals surface area contributed by atoms with Crippen molar-refractivity contribution in [3.05, 3.63) is 95.6 Å². The third-order valence-corrected chi connectivity index (χ3v) is 5.13. The van der Waals surface area contributed by atoms with Gasteiger partial charge in [0.25, 0.3) is 11.8 Å². The maximum atomic E-state index is 13.8. The number of carbonyl (C=O) groups excluding carboxylic acids is 2. The number of imide groups is 1. The van der Waals surface area contributed by atoms with Crippen LogP contribution in [-0.4, -0.2) is 31.1 Å². The molecular formula is C26H25NO4. The van der Waals surface area contributed by atoms with Crippen LogP contribution in [-0.2, 0) is 11.2 Å². The number of rotatable bonds is 8. The highest BCUT2D eigenvalue weighted by Gasteiger charge is 2.29. The third-order valence-electron chi connectivity index (χ3n) is 5.13. The Morgan fingerprint density at radius 1 is 0.935 bits per heavy atom. The van der Waals surface area contributed by atoms with E-state index in [2.05, 4.69) is 6.92 Å². The van der Waals surface area contributed by atoms with E-state index in [0.29, 0.717) is 42.2 Å². The SMILES string of the molecule is CCCc1c(OCC2CO2)cccc1C(=O)N(C(=O)c1ccccc1)c1ccccc1. The number of amides is 2. The van der Waals surface area contributed by atoms with E-state index in [0.717, 1.165) is 12.0 Å². The van der Waals surface area contributed by atoms with E-state index in [-0.39, 0.29) is 17.9 Å². The van der Waals surface area contributed by atoms with Gasteiger partial charge in [0.15, 0.2) is 0 Å². The quantitative estimate of drug-likeness (QED) is 0.388. The molecule has 3 aromatic carbocycles. The van der Waals surface area contributed by atoms with Crippen LogP contribution in [0.2, 0.25) is 0 Å². The fourth-order valence-electron chi connectivity index (χ4n) is 3.49. The lowest BCUT2D eigenvalue weighted by atomic mass is 10.00. The Morgan fingerprint density at radius 3 is 2.26 bits per heavy atom.